The minimum Gasteiger partial charge on any atom is -0.256 e. The monoisotopic (exact) mass is 261 g/mol. The molecule has 3 heteroatoms. The predicted molar refractivity (Wildman–Crippen MR) is 80.2 cm³/mol. The molecule has 3 nitrogen and oxygen atoms in total. The molecule has 2 heterocycles. The zero-order valence-electron chi connectivity index (χ0n) is 11.5. The highest BCUT2D eigenvalue weighted by Crippen LogP contribution is 2.25. The van der Waals surface area contributed by atoms with Gasteiger partial charge in [0.2, 0.25) is 0 Å². The summed E-state index contributed by atoms with van der Waals surface area (Å²) in [6, 6.07) is 12.3. The lowest BCUT2D eigenvalue weighted by atomic mass is 10.0. The number of benzene rings is 1. The Hall–Kier alpha value is -2.55. The molecule has 20 heavy (non-hydrogen) atoms. The van der Waals surface area contributed by atoms with Gasteiger partial charge in [0.25, 0.3) is 0 Å². The Kier molecular flexibility index (Phi) is 3.25. The Labute approximate surface area is 118 Å². The molecule has 0 spiro atoms. The van der Waals surface area contributed by atoms with Gasteiger partial charge in [0.15, 0.2) is 0 Å². The van der Waals surface area contributed by atoms with Crippen LogP contribution in [0.3, 0.4) is 0 Å². The summed E-state index contributed by atoms with van der Waals surface area (Å²) in [5, 5.41) is 0. The first-order valence-electron chi connectivity index (χ1n) is 6.55. The van der Waals surface area contributed by atoms with E-state index in [0.717, 1.165) is 28.2 Å². The van der Waals surface area contributed by atoms with Crippen LogP contribution in [0.1, 0.15) is 11.4 Å². The molecule has 0 unspecified atom stereocenters. The Morgan fingerprint density at radius 1 is 0.800 bits per heavy atom. The molecule has 1 aromatic carbocycles. The number of hydrogen-bond donors (Lipinski definition) is 0. The lowest BCUT2D eigenvalue weighted by Crippen LogP contribution is -1.90. The van der Waals surface area contributed by atoms with Crippen LogP contribution in [-0.4, -0.2) is 15.0 Å². The SMILES string of the molecule is Cc1ncc(-c2ccnc(-c3ccccc3C)c2)cn1. The fourth-order valence-electron chi connectivity index (χ4n) is 2.16. The van der Waals surface area contributed by atoms with E-state index < -0.39 is 0 Å². The lowest BCUT2D eigenvalue weighted by Gasteiger charge is -2.07. The molecule has 0 saturated heterocycles. The molecule has 0 aliphatic heterocycles. The molecule has 0 aliphatic rings. The maximum Gasteiger partial charge on any atom is 0.125 e. The van der Waals surface area contributed by atoms with Crippen LogP contribution >= 0.6 is 0 Å². The van der Waals surface area contributed by atoms with Crippen LogP contribution in [0.5, 0.6) is 0 Å². The van der Waals surface area contributed by atoms with Crippen LogP contribution < -0.4 is 0 Å². The standard InChI is InChI=1S/C17H15N3/c1-12-5-3-4-6-16(12)17-9-14(7-8-18-17)15-10-19-13(2)20-11-15/h3-11H,1-2H3. The molecule has 0 N–H and O–H groups in total. The predicted octanol–water partition coefficient (Wildman–Crippen LogP) is 3.82. The zero-order chi connectivity index (χ0) is 13.9. The molecular weight excluding hydrogens is 246 g/mol. The molecule has 0 amide bonds. The second kappa shape index (κ2) is 5.21. The van der Waals surface area contributed by atoms with Crippen LogP contribution in [0, 0.1) is 13.8 Å². The number of aryl methyl sites for hydroxylation is 2. The first-order chi connectivity index (χ1) is 9.74. The van der Waals surface area contributed by atoms with Crippen LogP contribution in [0.25, 0.3) is 22.4 Å². The van der Waals surface area contributed by atoms with Crippen molar-refractivity contribution in [3.8, 4) is 22.4 Å². The molecule has 0 bridgehead atoms. The molecule has 3 rings (SSSR count). The van der Waals surface area contributed by atoms with Gasteiger partial charge < -0.3 is 0 Å². The first-order valence-corrected chi connectivity index (χ1v) is 6.55. The summed E-state index contributed by atoms with van der Waals surface area (Å²) in [6.45, 7) is 3.98. The van der Waals surface area contributed by atoms with E-state index in [-0.39, 0.29) is 0 Å². The fraction of sp³-hybridized carbons (Fsp3) is 0.118. The van der Waals surface area contributed by atoms with Crippen molar-refractivity contribution in [1.29, 1.82) is 0 Å². The average molecular weight is 261 g/mol. The van der Waals surface area contributed by atoms with Gasteiger partial charge in [0, 0.05) is 29.7 Å². The average Bonchev–Trinajstić information content (AvgIpc) is 2.49. The highest BCUT2D eigenvalue weighted by molar-refractivity contribution is 5.71. The maximum absolute atomic E-state index is 4.47. The summed E-state index contributed by atoms with van der Waals surface area (Å²) in [6.07, 6.45) is 5.52. The van der Waals surface area contributed by atoms with E-state index in [2.05, 4.69) is 40.1 Å². The number of nitrogens with zero attached hydrogens (tertiary/aromatic N) is 3. The van der Waals surface area contributed by atoms with Gasteiger partial charge in [-0.15, -0.1) is 0 Å². The number of aromatic nitrogens is 3. The van der Waals surface area contributed by atoms with Gasteiger partial charge in [-0.2, -0.15) is 0 Å². The minimum atomic E-state index is 0.780. The van der Waals surface area contributed by atoms with Crippen LogP contribution in [0.4, 0.5) is 0 Å². The molecule has 2 aromatic heterocycles. The third-order valence-corrected chi connectivity index (χ3v) is 3.30. The highest BCUT2D eigenvalue weighted by atomic mass is 14.8. The van der Waals surface area contributed by atoms with E-state index in [0.29, 0.717) is 0 Å². The van der Waals surface area contributed by atoms with Crippen LogP contribution in [0.15, 0.2) is 55.0 Å². The topological polar surface area (TPSA) is 38.7 Å². The quantitative estimate of drug-likeness (QED) is 0.704. The van der Waals surface area contributed by atoms with E-state index in [9.17, 15) is 0 Å². The highest BCUT2D eigenvalue weighted by Gasteiger charge is 2.05. The summed E-state index contributed by atoms with van der Waals surface area (Å²) in [4.78, 5) is 13.0. The summed E-state index contributed by atoms with van der Waals surface area (Å²) < 4.78 is 0. The van der Waals surface area contributed by atoms with Gasteiger partial charge in [0.1, 0.15) is 5.82 Å². The zero-order valence-corrected chi connectivity index (χ0v) is 11.5. The number of hydrogen-bond acceptors (Lipinski definition) is 3. The Morgan fingerprint density at radius 3 is 2.30 bits per heavy atom. The first kappa shape index (κ1) is 12.5. The number of rotatable bonds is 2. The molecule has 0 atom stereocenters. The van der Waals surface area contributed by atoms with Crippen molar-refractivity contribution in [3.63, 3.8) is 0 Å². The third kappa shape index (κ3) is 2.43. The van der Waals surface area contributed by atoms with E-state index in [1.807, 2.05) is 43.7 Å². The Balaban J connectivity index is 2.06. The van der Waals surface area contributed by atoms with Gasteiger partial charge in [0.05, 0.1) is 5.69 Å². The van der Waals surface area contributed by atoms with Gasteiger partial charge in [-0.25, -0.2) is 9.97 Å². The molecule has 3 aromatic rings. The third-order valence-electron chi connectivity index (χ3n) is 3.30. The Morgan fingerprint density at radius 2 is 1.55 bits per heavy atom. The second-order valence-corrected chi connectivity index (χ2v) is 4.76. The lowest BCUT2D eigenvalue weighted by molar-refractivity contribution is 1.06. The fourth-order valence-corrected chi connectivity index (χ4v) is 2.16. The molecular formula is C17H15N3. The van der Waals surface area contributed by atoms with Crippen LogP contribution in [0.2, 0.25) is 0 Å². The van der Waals surface area contributed by atoms with Crippen molar-refractivity contribution >= 4 is 0 Å². The molecule has 98 valence electrons. The Bertz CT molecular complexity index is 733. The van der Waals surface area contributed by atoms with E-state index in [1.54, 1.807) is 0 Å². The number of pyridine rings is 1. The van der Waals surface area contributed by atoms with Crippen molar-refractivity contribution in [1.82, 2.24) is 15.0 Å². The van der Waals surface area contributed by atoms with E-state index >= 15 is 0 Å². The molecule has 0 fully saturated rings. The summed E-state index contributed by atoms with van der Waals surface area (Å²) in [7, 11) is 0. The maximum atomic E-state index is 4.47. The summed E-state index contributed by atoms with van der Waals surface area (Å²) in [5.41, 5.74) is 5.44. The van der Waals surface area contributed by atoms with Gasteiger partial charge in [-0.05, 0) is 37.1 Å². The van der Waals surface area contributed by atoms with Crippen molar-refractivity contribution in [2.45, 2.75) is 13.8 Å². The largest absolute Gasteiger partial charge is 0.256 e. The van der Waals surface area contributed by atoms with Crippen LogP contribution in [-0.2, 0) is 0 Å². The second-order valence-electron chi connectivity index (χ2n) is 4.76. The summed E-state index contributed by atoms with van der Waals surface area (Å²) >= 11 is 0. The van der Waals surface area contributed by atoms with Crippen molar-refractivity contribution < 1.29 is 0 Å². The van der Waals surface area contributed by atoms with Crippen molar-refractivity contribution in [2.24, 2.45) is 0 Å². The van der Waals surface area contributed by atoms with E-state index in [1.165, 1.54) is 5.56 Å². The normalized spacial score (nSPS) is 10.5. The van der Waals surface area contributed by atoms with Gasteiger partial charge in [-0.3, -0.25) is 4.98 Å². The van der Waals surface area contributed by atoms with E-state index in [4.69, 9.17) is 0 Å². The van der Waals surface area contributed by atoms with Gasteiger partial charge >= 0.3 is 0 Å². The molecule has 0 aliphatic carbocycles. The molecule has 0 radical (unpaired) electrons. The van der Waals surface area contributed by atoms with Crippen molar-refractivity contribution in [2.75, 3.05) is 0 Å². The smallest absolute Gasteiger partial charge is 0.125 e. The summed E-state index contributed by atoms with van der Waals surface area (Å²) in [5.74, 6) is 0.780. The molecule has 0 saturated carbocycles. The van der Waals surface area contributed by atoms with Gasteiger partial charge in [-0.1, -0.05) is 24.3 Å². The van der Waals surface area contributed by atoms with Crippen molar-refractivity contribution in [3.05, 3.63) is 66.4 Å². The minimum absolute atomic E-state index is 0.780.